The van der Waals surface area contributed by atoms with E-state index in [1.807, 2.05) is 30.3 Å². The summed E-state index contributed by atoms with van der Waals surface area (Å²) in [7, 11) is -7.50. The molecule has 10 heteroatoms. The second-order valence-electron chi connectivity index (χ2n) is 8.43. The summed E-state index contributed by atoms with van der Waals surface area (Å²) < 4.78 is 53.2. The summed E-state index contributed by atoms with van der Waals surface area (Å²) >= 11 is 0. The molecule has 2 saturated heterocycles. The van der Waals surface area contributed by atoms with Crippen LogP contribution in [0.2, 0.25) is 0 Å². The number of hydrogen-bond acceptors (Lipinski definition) is 6. The molecule has 0 bridgehead atoms. The van der Waals surface area contributed by atoms with Gasteiger partial charge < -0.3 is 4.90 Å². The summed E-state index contributed by atoms with van der Waals surface area (Å²) in [6.45, 7) is 5.04. The third-order valence-corrected chi connectivity index (χ3v) is 9.59. The van der Waals surface area contributed by atoms with E-state index in [0.29, 0.717) is 26.2 Å². The lowest BCUT2D eigenvalue weighted by Crippen LogP contribution is -2.48. The summed E-state index contributed by atoms with van der Waals surface area (Å²) in [6.07, 6.45) is 0. The Labute approximate surface area is 183 Å². The topological polar surface area (TPSA) is 95.1 Å². The number of piperazine rings is 1. The molecule has 0 aromatic heterocycles. The first-order valence-electron chi connectivity index (χ1n) is 10.0. The normalized spacial score (nSPS) is 21.4. The highest BCUT2D eigenvalue weighted by atomic mass is 32.2. The number of rotatable bonds is 4. The van der Waals surface area contributed by atoms with E-state index in [1.165, 1.54) is 28.6 Å². The van der Waals surface area contributed by atoms with Crippen molar-refractivity contribution in [2.75, 3.05) is 41.1 Å². The molecule has 166 valence electrons. The molecule has 2 aliphatic heterocycles. The Morgan fingerprint density at radius 1 is 0.839 bits per heavy atom. The Kier molecular flexibility index (Phi) is 5.35. The molecule has 4 rings (SSSR count). The molecule has 0 N–H and O–H groups in total. The molecule has 2 aromatic rings. The standard InChI is InChI=1S/C21H25N3O5S2/c1-21(2)16-30(26,27)24(20(21)25)18-8-10-19(11-9-18)31(28,29)23-14-12-22(13-15-23)17-6-4-3-5-7-17/h3-11H,12-16H2,1-2H3. The van der Waals surface area contributed by atoms with Crippen molar-refractivity contribution in [1.82, 2.24) is 4.31 Å². The van der Waals surface area contributed by atoms with Crippen LogP contribution in [0.4, 0.5) is 11.4 Å². The zero-order chi connectivity index (χ0) is 22.4. The zero-order valence-electron chi connectivity index (χ0n) is 17.4. The van der Waals surface area contributed by atoms with Crippen LogP contribution in [0.1, 0.15) is 13.8 Å². The molecule has 1 amide bonds. The third kappa shape index (κ3) is 3.95. The number of anilines is 2. The lowest BCUT2D eigenvalue weighted by molar-refractivity contribution is -0.123. The molecule has 31 heavy (non-hydrogen) atoms. The number of benzene rings is 2. The van der Waals surface area contributed by atoms with E-state index < -0.39 is 31.4 Å². The molecule has 2 aromatic carbocycles. The van der Waals surface area contributed by atoms with E-state index in [0.717, 1.165) is 9.99 Å². The van der Waals surface area contributed by atoms with Crippen molar-refractivity contribution in [3.05, 3.63) is 54.6 Å². The smallest absolute Gasteiger partial charge is 0.247 e. The highest BCUT2D eigenvalue weighted by Gasteiger charge is 2.49. The average molecular weight is 464 g/mol. The van der Waals surface area contributed by atoms with E-state index in [4.69, 9.17) is 0 Å². The summed E-state index contributed by atoms with van der Waals surface area (Å²) in [5.74, 6) is -0.787. The quantitative estimate of drug-likeness (QED) is 0.687. The molecule has 0 radical (unpaired) electrons. The molecule has 0 unspecified atom stereocenters. The van der Waals surface area contributed by atoms with Crippen LogP contribution in [0, 0.1) is 5.41 Å². The summed E-state index contributed by atoms with van der Waals surface area (Å²) in [4.78, 5) is 14.8. The fourth-order valence-electron chi connectivity index (χ4n) is 3.99. The van der Waals surface area contributed by atoms with Gasteiger partial charge in [0.25, 0.3) is 0 Å². The Bertz CT molecular complexity index is 1190. The summed E-state index contributed by atoms with van der Waals surface area (Å²) in [6, 6.07) is 15.3. The van der Waals surface area contributed by atoms with E-state index in [1.54, 1.807) is 13.8 Å². The van der Waals surface area contributed by atoms with Crippen LogP contribution < -0.4 is 9.21 Å². The number of para-hydroxylation sites is 1. The first-order chi connectivity index (χ1) is 14.5. The van der Waals surface area contributed by atoms with Crippen molar-refractivity contribution in [2.45, 2.75) is 18.7 Å². The molecule has 2 heterocycles. The van der Waals surface area contributed by atoms with E-state index in [9.17, 15) is 21.6 Å². The minimum Gasteiger partial charge on any atom is -0.369 e. The lowest BCUT2D eigenvalue weighted by Gasteiger charge is -2.35. The van der Waals surface area contributed by atoms with Gasteiger partial charge in [0.05, 0.1) is 21.8 Å². The molecule has 2 fully saturated rings. The van der Waals surface area contributed by atoms with E-state index >= 15 is 0 Å². The fraction of sp³-hybridized carbons (Fsp3) is 0.381. The maximum absolute atomic E-state index is 13.1. The highest BCUT2D eigenvalue weighted by Crippen LogP contribution is 2.36. The summed E-state index contributed by atoms with van der Waals surface area (Å²) in [5.41, 5.74) is 0.203. The van der Waals surface area contributed by atoms with Crippen LogP contribution in [0.25, 0.3) is 0 Å². The largest absolute Gasteiger partial charge is 0.369 e. The van der Waals surface area contributed by atoms with Gasteiger partial charge in [-0.25, -0.2) is 21.1 Å². The van der Waals surface area contributed by atoms with E-state index in [2.05, 4.69) is 4.90 Å². The van der Waals surface area contributed by atoms with Gasteiger partial charge in [0.1, 0.15) is 0 Å². The van der Waals surface area contributed by atoms with Crippen molar-refractivity contribution in [3.8, 4) is 0 Å². The van der Waals surface area contributed by atoms with E-state index in [-0.39, 0.29) is 16.3 Å². The third-order valence-electron chi connectivity index (χ3n) is 5.65. The van der Waals surface area contributed by atoms with Crippen molar-refractivity contribution in [2.24, 2.45) is 5.41 Å². The number of nitrogens with zero attached hydrogens (tertiary/aromatic N) is 3. The van der Waals surface area contributed by atoms with Crippen LogP contribution >= 0.6 is 0 Å². The number of hydrogen-bond donors (Lipinski definition) is 0. The van der Waals surface area contributed by atoms with Gasteiger partial charge in [-0.2, -0.15) is 4.31 Å². The minimum atomic E-state index is -3.78. The van der Waals surface area contributed by atoms with Gasteiger partial charge in [0, 0.05) is 31.9 Å². The van der Waals surface area contributed by atoms with Gasteiger partial charge in [0.15, 0.2) is 0 Å². The molecule has 0 saturated carbocycles. The van der Waals surface area contributed by atoms with Crippen LogP contribution in [0.15, 0.2) is 59.5 Å². The molecule has 2 aliphatic rings. The van der Waals surface area contributed by atoms with Crippen LogP contribution in [-0.4, -0.2) is 59.0 Å². The van der Waals surface area contributed by atoms with Gasteiger partial charge >= 0.3 is 0 Å². The van der Waals surface area contributed by atoms with Gasteiger partial charge in [-0.3, -0.25) is 4.79 Å². The number of carbonyl (C=O) groups is 1. The molecule has 0 aliphatic carbocycles. The van der Waals surface area contributed by atoms with Crippen molar-refractivity contribution >= 4 is 37.3 Å². The Morgan fingerprint density at radius 3 is 1.94 bits per heavy atom. The Morgan fingerprint density at radius 2 is 1.42 bits per heavy atom. The number of amides is 1. The monoisotopic (exact) mass is 463 g/mol. The van der Waals surface area contributed by atoms with Gasteiger partial charge in [-0.05, 0) is 50.2 Å². The maximum atomic E-state index is 13.1. The molecule has 8 nitrogen and oxygen atoms in total. The average Bonchev–Trinajstić information content (AvgIpc) is 2.91. The molecular formula is C21H25N3O5S2. The number of sulfonamides is 2. The van der Waals surface area contributed by atoms with Crippen molar-refractivity contribution in [1.29, 1.82) is 0 Å². The highest BCUT2D eigenvalue weighted by molar-refractivity contribution is 7.94. The van der Waals surface area contributed by atoms with Gasteiger partial charge in [-0.15, -0.1) is 0 Å². The molecule has 0 atom stereocenters. The van der Waals surface area contributed by atoms with Crippen LogP contribution in [0.5, 0.6) is 0 Å². The predicted octanol–water partition coefficient (Wildman–Crippen LogP) is 1.90. The SMILES string of the molecule is CC1(C)CS(=O)(=O)N(c2ccc(S(=O)(=O)N3CCN(c4ccccc4)CC3)cc2)C1=O. The van der Waals surface area contributed by atoms with Gasteiger partial charge in [0.2, 0.25) is 26.0 Å². The van der Waals surface area contributed by atoms with Crippen molar-refractivity contribution < 1.29 is 21.6 Å². The molecule has 0 spiro atoms. The van der Waals surface area contributed by atoms with Crippen LogP contribution in [-0.2, 0) is 24.8 Å². The Balaban J connectivity index is 1.51. The number of carbonyl (C=O) groups excluding carboxylic acids is 1. The van der Waals surface area contributed by atoms with Crippen LogP contribution in [0.3, 0.4) is 0 Å². The predicted molar refractivity (Wildman–Crippen MR) is 119 cm³/mol. The Hall–Kier alpha value is -2.43. The zero-order valence-corrected chi connectivity index (χ0v) is 19.1. The first-order valence-corrected chi connectivity index (χ1v) is 13.0. The minimum absolute atomic E-state index is 0.0766. The van der Waals surface area contributed by atoms with Crippen molar-refractivity contribution in [3.63, 3.8) is 0 Å². The second-order valence-corrected chi connectivity index (χ2v) is 12.2. The molecular weight excluding hydrogens is 438 g/mol. The first kappa shape index (κ1) is 21.8. The fourth-order valence-corrected chi connectivity index (χ4v) is 7.52. The second kappa shape index (κ2) is 7.61. The maximum Gasteiger partial charge on any atom is 0.247 e. The summed E-state index contributed by atoms with van der Waals surface area (Å²) in [5, 5.41) is 0. The lowest BCUT2D eigenvalue weighted by atomic mass is 9.95. The van der Waals surface area contributed by atoms with Gasteiger partial charge in [-0.1, -0.05) is 18.2 Å².